The van der Waals surface area contributed by atoms with Gasteiger partial charge in [-0.15, -0.1) is 0 Å². The fourth-order valence-corrected chi connectivity index (χ4v) is 3.79. The number of benzene rings is 1. The maximum Gasteiger partial charge on any atom is 0.317 e. The number of aliphatic hydroxyl groups excluding tert-OH is 1. The average molecular weight is 342 g/mol. The van der Waals surface area contributed by atoms with Crippen molar-refractivity contribution in [2.75, 3.05) is 31.1 Å². The van der Waals surface area contributed by atoms with Gasteiger partial charge in [0.05, 0.1) is 17.4 Å². The lowest BCUT2D eigenvalue weighted by Crippen LogP contribution is -2.51. The van der Waals surface area contributed by atoms with Gasteiger partial charge in [0, 0.05) is 38.1 Å². The van der Waals surface area contributed by atoms with E-state index in [9.17, 15) is 15.2 Å². The number of nitrogens with zero attached hydrogens (tertiary/aromatic N) is 3. The van der Waals surface area contributed by atoms with E-state index in [1.165, 1.54) is 0 Å². The van der Waals surface area contributed by atoms with Crippen molar-refractivity contribution >= 4 is 11.7 Å². The lowest BCUT2D eigenvalue weighted by atomic mass is 10.0. The van der Waals surface area contributed by atoms with Crippen LogP contribution in [0.25, 0.3) is 0 Å². The first-order valence-corrected chi connectivity index (χ1v) is 9.06. The third-order valence-electron chi connectivity index (χ3n) is 5.31. The van der Waals surface area contributed by atoms with Crippen LogP contribution in [0.5, 0.6) is 0 Å². The summed E-state index contributed by atoms with van der Waals surface area (Å²) in [6.07, 6.45) is 2.42. The smallest absolute Gasteiger partial charge is 0.317 e. The summed E-state index contributed by atoms with van der Waals surface area (Å²) in [5.74, 6) is 0.177. The van der Waals surface area contributed by atoms with Crippen molar-refractivity contribution in [3.63, 3.8) is 0 Å². The molecule has 0 spiro atoms. The number of hydrogen-bond donors (Lipinski definition) is 2. The summed E-state index contributed by atoms with van der Waals surface area (Å²) in [5.41, 5.74) is 1.62. The monoisotopic (exact) mass is 342 g/mol. The first kappa shape index (κ1) is 17.6. The van der Waals surface area contributed by atoms with Gasteiger partial charge in [0.2, 0.25) is 0 Å². The van der Waals surface area contributed by atoms with Crippen LogP contribution in [0.4, 0.5) is 10.5 Å². The summed E-state index contributed by atoms with van der Waals surface area (Å²) in [5, 5.41) is 22.1. The van der Waals surface area contributed by atoms with Crippen LogP contribution in [0, 0.1) is 17.2 Å². The highest BCUT2D eigenvalue weighted by atomic mass is 16.3. The largest absolute Gasteiger partial charge is 0.393 e. The first-order valence-electron chi connectivity index (χ1n) is 9.06. The molecule has 0 aliphatic carbocycles. The maximum atomic E-state index is 12.5. The fraction of sp³-hybridized carbons (Fsp3) is 0.579. The molecule has 2 aliphatic heterocycles. The van der Waals surface area contributed by atoms with Gasteiger partial charge in [-0.05, 0) is 38.3 Å². The summed E-state index contributed by atoms with van der Waals surface area (Å²) in [7, 11) is 0. The van der Waals surface area contributed by atoms with E-state index in [1.807, 2.05) is 24.3 Å². The second kappa shape index (κ2) is 7.75. The van der Waals surface area contributed by atoms with Crippen LogP contribution in [0.15, 0.2) is 24.3 Å². The average Bonchev–Trinajstić information content (AvgIpc) is 3.12. The summed E-state index contributed by atoms with van der Waals surface area (Å²) < 4.78 is 0. The van der Waals surface area contributed by atoms with Crippen molar-refractivity contribution in [1.82, 2.24) is 10.2 Å². The van der Waals surface area contributed by atoms with Gasteiger partial charge in [-0.25, -0.2) is 4.79 Å². The van der Waals surface area contributed by atoms with Gasteiger partial charge in [0.1, 0.15) is 6.07 Å². The van der Waals surface area contributed by atoms with Gasteiger partial charge >= 0.3 is 6.03 Å². The zero-order valence-corrected chi connectivity index (χ0v) is 14.7. The fourth-order valence-electron chi connectivity index (χ4n) is 3.79. The lowest BCUT2D eigenvalue weighted by Gasteiger charge is -2.36. The van der Waals surface area contributed by atoms with Crippen molar-refractivity contribution in [2.45, 2.75) is 38.3 Å². The highest BCUT2D eigenvalue weighted by Crippen LogP contribution is 2.24. The quantitative estimate of drug-likeness (QED) is 0.880. The molecule has 3 rings (SSSR count). The van der Waals surface area contributed by atoms with Gasteiger partial charge in [0.25, 0.3) is 0 Å². The zero-order valence-electron chi connectivity index (χ0n) is 14.7. The van der Waals surface area contributed by atoms with Gasteiger partial charge in [0.15, 0.2) is 0 Å². The molecule has 0 saturated carbocycles. The zero-order chi connectivity index (χ0) is 17.8. The molecule has 25 heavy (non-hydrogen) atoms. The number of nitrogens with one attached hydrogen (secondary N) is 1. The molecule has 2 saturated heterocycles. The number of likely N-dealkylation sites (tertiary alicyclic amines) is 1. The Morgan fingerprint density at radius 1 is 1.32 bits per heavy atom. The van der Waals surface area contributed by atoms with Crippen molar-refractivity contribution in [1.29, 1.82) is 5.26 Å². The molecule has 0 bridgehead atoms. The molecule has 0 radical (unpaired) electrons. The minimum Gasteiger partial charge on any atom is -0.393 e. The number of aliphatic hydroxyl groups is 1. The van der Waals surface area contributed by atoms with Gasteiger partial charge in [-0.2, -0.15) is 5.26 Å². The van der Waals surface area contributed by atoms with Crippen molar-refractivity contribution in [2.24, 2.45) is 5.92 Å². The van der Waals surface area contributed by atoms with Crippen molar-refractivity contribution in [3.8, 4) is 6.07 Å². The van der Waals surface area contributed by atoms with Crippen LogP contribution >= 0.6 is 0 Å². The van der Waals surface area contributed by atoms with E-state index < -0.39 is 0 Å². The van der Waals surface area contributed by atoms with Gasteiger partial charge in [-0.3, -0.25) is 0 Å². The van der Waals surface area contributed by atoms with E-state index in [-0.39, 0.29) is 24.1 Å². The van der Waals surface area contributed by atoms with E-state index in [0.717, 1.165) is 38.0 Å². The number of para-hydroxylation sites is 1. The van der Waals surface area contributed by atoms with E-state index in [0.29, 0.717) is 18.7 Å². The van der Waals surface area contributed by atoms with Crippen LogP contribution in [-0.4, -0.2) is 54.4 Å². The number of rotatable bonds is 3. The number of anilines is 1. The standard InChI is InChI=1S/C19H26N4O2/c1-14(24)16-8-10-23(12-16)19(25)21-17-6-4-9-22(13-17)18-7-3-2-5-15(18)11-20/h2-3,5,7,14,16-17,24H,4,6,8-10,12-13H2,1H3,(H,21,25)/t14-,16-,17-/m0/s1. The number of piperidine rings is 1. The van der Waals surface area contributed by atoms with Gasteiger partial charge < -0.3 is 20.2 Å². The molecule has 2 N–H and O–H groups in total. The molecule has 1 aromatic carbocycles. The number of amides is 2. The molecule has 0 unspecified atom stereocenters. The number of carbonyl (C=O) groups excluding carboxylic acids is 1. The predicted molar refractivity (Wildman–Crippen MR) is 96.3 cm³/mol. The van der Waals surface area contributed by atoms with E-state index in [4.69, 9.17) is 0 Å². The van der Waals surface area contributed by atoms with Crippen LogP contribution < -0.4 is 10.2 Å². The Kier molecular flexibility index (Phi) is 5.44. The lowest BCUT2D eigenvalue weighted by molar-refractivity contribution is 0.129. The van der Waals surface area contributed by atoms with E-state index in [1.54, 1.807) is 11.8 Å². The second-order valence-electron chi connectivity index (χ2n) is 7.10. The van der Waals surface area contributed by atoms with Gasteiger partial charge in [-0.1, -0.05) is 12.1 Å². The molecule has 6 heteroatoms. The number of carbonyl (C=O) groups is 1. The molecular weight excluding hydrogens is 316 g/mol. The molecule has 2 fully saturated rings. The number of urea groups is 1. The Morgan fingerprint density at radius 2 is 2.12 bits per heavy atom. The molecule has 2 aliphatic rings. The summed E-state index contributed by atoms with van der Waals surface area (Å²) >= 11 is 0. The molecular formula is C19H26N4O2. The van der Waals surface area contributed by atoms with Crippen molar-refractivity contribution in [3.05, 3.63) is 29.8 Å². The number of hydrogen-bond acceptors (Lipinski definition) is 4. The van der Waals surface area contributed by atoms with Crippen LogP contribution in [0.2, 0.25) is 0 Å². The van der Waals surface area contributed by atoms with Crippen LogP contribution in [0.1, 0.15) is 31.7 Å². The summed E-state index contributed by atoms with van der Waals surface area (Å²) in [6.45, 7) is 4.74. The van der Waals surface area contributed by atoms with Crippen LogP contribution in [-0.2, 0) is 0 Å². The van der Waals surface area contributed by atoms with E-state index in [2.05, 4.69) is 16.3 Å². The molecule has 3 atom stereocenters. The Morgan fingerprint density at radius 3 is 2.84 bits per heavy atom. The Bertz CT molecular complexity index is 655. The SMILES string of the molecule is C[C@H](O)[C@H]1CCN(C(=O)N[C@H]2CCCN(c3ccccc3C#N)C2)C1. The van der Waals surface area contributed by atoms with E-state index >= 15 is 0 Å². The first-order chi connectivity index (χ1) is 12.1. The third-order valence-corrected chi connectivity index (χ3v) is 5.31. The van der Waals surface area contributed by atoms with Crippen molar-refractivity contribution < 1.29 is 9.90 Å². The Labute approximate surface area is 149 Å². The Balaban J connectivity index is 1.59. The highest BCUT2D eigenvalue weighted by molar-refractivity contribution is 5.75. The molecule has 0 aromatic heterocycles. The Hall–Kier alpha value is -2.26. The summed E-state index contributed by atoms with van der Waals surface area (Å²) in [6, 6.07) is 9.91. The normalized spacial score (nSPS) is 24.7. The summed E-state index contributed by atoms with van der Waals surface area (Å²) in [4.78, 5) is 16.5. The second-order valence-corrected chi connectivity index (χ2v) is 7.10. The van der Waals surface area contributed by atoms with Crippen LogP contribution in [0.3, 0.4) is 0 Å². The third kappa shape index (κ3) is 4.05. The molecule has 134 valence electrons. The number of nitriles is 1. The molecule has 1 aromatic rings. The molecule has 2 heterocycles. The molecule has 6 nitrogen and oxygen atoms in total. The highest BCUT2D eigenvalue weighted by Gasteiger charge is 2.31. The topological polar surface area (TPSA) is 79.6 Å². The molecule has 2 amide bonds. The minimum atomic E-state index is -0.370. The predicted octanol–water partition coefficient (Wildman–Crippen LogP) is 1.94. The minimum absolute atomic E-state index is 0.0384. The maximum absolute atomic E-state index is 12.5.